The van der Waals surface area contributed by atoms with Crippen LogP contribution < -0.4 is 4.90 Å². The molecule has 1 amide bonds. The Hall–Kier alpha value is -1.14. The molecule has 1 aliphatic carbocycles. The van der Waals surface area contributed by atoms with Gasteiger partial charge in [0.25, 0.3) is 0 Å². The van der Waals surface area contributed by atoms with Crippen LogP contribution >= 0.6 is 11.3 Å². The third kappa shape index (κ3) is 5.23. The van der Waals surface area contributed by atoms with Crippen LogP contribution in [0.2, 0.25) is 0 Å². The molecule has 0 N–H and O–H groups in total. The number of hydrogen-bond donors (Lipinski definition) is 0. The average molecular weight is 391 g/mol. The van der Waals surface area contributed by atoms with Crippen LogP contribution in [-0.2, 0) is 11.3 Å². The van der Waals surface area contributed by atoms with E-state index >= 15 is 0 Å². The number of anilines is 1. The van der Waals surface area contributed by atoms with Gasteiger partial charge >= 0.3 is 0 Å². The van der Waals surface area contributed by atoms with Crippen molar-refractivity contribution in [2.75, 3.05) is 44.2 Å². The molecular formula is C21H34N4OS. The molecule has 3 fully saturated rings. The lowest BCUT2D eigenvalue weighted by Gasteiger charge is -2.35. The molecule has 5 nitrogen and oxygen atoms in total. The normalized spacial score (nSPS) is 23.0. The SMILES string of the molecule is O=C(CC1CCCCC1)N1CCN(c2nc(CN3CCCCC3)cs2)CC1. The Balaban J connectivity index is 1.23. The smallest absolute Gasteiger partial charge is 0.222 e. The second-order valence-corrected chi connectivity index (χ2v) is 9.37. The summed E-state index contributed by atoms with van der Waals surface area (Å²) in [5.41, 5.74) is 1.22. The fourth-order valence-electron chi connectivity index (χ4n) is 4.78. The van der Waals surface area contributed by atoms with Gasteiger partial charge in [0.1, 0.15) is 0 Å². The summed E-state index contributed by atoms with van der Waals surface area (Å²) in [5, 5.41) is 3.37. The van der Waals surface area contributed by atoms with Crippen molar-refractivity contribution < 1.29 is 4.79 Å². The molecule has 1 aromatic heterocycles. The summed E-state index contributed by atoms with van der Waals surface area (Å²) in [4.78, 5) is 24.5. The lowest BCUT2D eigenvalue weighted by atomic mass is 9.86. The number of nitrogens with zero attached hydrogens (tertiary/aromatic N) is 4. The number of likely N-dealkylation sites (tertiary alicyclic amines) is 1. The molecule has 0 bridgehead atoms. The monoisotopic (exact) mass is 390 g/mol. The summed E-state index contributed by atoms with van der Waals surface area (Å²) in [6, 6.07) is 0. The van der Waals surface area contributed by atoms with Crippen LogP contribution in [0.3, 0.4) is 0 Å². The van der Waals surface area contributed by atoms with E-state index in [1.807, 2.05) is 0 Å². The van der Waals surface area contributed by atoms with E-state index in [0.29, 0.717) is 11.8 Å². The van der Waals surface area contributed by atoms with E-state index in [4.69, 9.17) is 4.98 Å². The highest BCUT2D eigenvalue weighted by molar-refractivity contribution is 7.13. The quantitative estimate of drug-likeness (QED) is 0.768. The van der Waals surface area contributed by atoms with Crippen LogP contribution in [0, 0.1) is 5.92 Å². The predicted molar refractivity (Wildman–Crippen MR) is 111 cm³/mol. The molecule has 2 aliphatic heterocycles. The van der Waals surface area contributed by atoms with Crippen LogP contribution in [0.15, 0.2) is 5.38 Å². The highest BCUT2D eigenvalue weighted by Gasteiger charge is 2.25. The van der Waals surface area contributed by atoms with Crippen LogP contribution in [0.1, 0.15) is 63.5 Å². The number of carbonyl (C=O) groups excluding carboxylic acids is 1. The Labute approximate surface area is 167 Å². The van der Waals surface area contributed by atoms with Gasteiger partial charge in [-0.05, 0) is 44.7 Å². The molecule has 3 aliphatic rings. The Bertz CT molecular complexity index is 599. The predicted octanol–water partition coefficient (Wildman–Crippen LogP) is 3.75. The molecule has 150 valence electrons. The molecule has 1 aromatic rings. The van der Waals surface area contributed by atoms with Gasteiger partial charge in [-0.1, -0.05) is 25.7 Å². The van der Waals surface area contributed by atoms with Crippen LogP contribution in [0.25, 0.3) is 0 Å². The minimum absolute atomic E-state index is 0.381. The van der Waals surface area contributed by atoms with Crippen LogP contribution in [-0.4, -0.2) is 60.0 Å². The minimum atomic E-state index is 0.381. The molecule has 0 unspecified atom stereocenters. The van der Waals surface area contributed by atoms with Gasteiger partial charge in [-0.15, -0.1) is 11.3 Å². The van der Waals surface area contributed by atoms with E-state index in [1.54, 1.807) is 11.3 Å². The first-order chi connectivity index (χ1) is 13.3. The van der Waals surface area contributed by atoms with Gasteiger partial charge in [0.15, 0.2) is 5.13 Å². The van der Waals surface area contributed by atoms with Crippen molar-refractivity contribution in [1.82, 2.24) is 14.8 Å². The molecule has 4 rings (SSSR count). The minimum Gasteiger partial charge on any atom is -0.345 e. The average Bonchev–Trinajstić information content (AvgIpc) is 3.18. The lowest BCUT2D eigenvalue weighted by Crippen LogP contribution is -2.49. The van der Waals surface area contributed by atoms with Crippen LogP contribution in [0.4, 0.5) is 5.13 Å². The van der Waals surface area contributed by atoms with Crippen molar-refractivity contribution in [3.8, 4) is 0 Å². The van der Waals surface area contributed by atoms with Crippen molar-refractivity contribution >= 4 is 22.4 Å². The number of amides is 1. The van der Waals surface area contributed by atoms with E-state index in [0.717, 1.165) is 44.3 Å². The number of hydrogen-bond acceptors (Lipinski definition) is 5. The molecule has 0 spiro atoms. The molecule has 6 heteroatoms. The standard InChI is InChI=1S/C21H34N4OS/c26-20(15-18-7-3-1-4-8-18)24-11-13-25(14-12-24)21-22-19(17-27-21)16-23-9-5-2-6-10-23/h17-18H,1-16H2. The zero-order chi connectivity index (χ0) is 18.5. The van der Waals surface area contributed by atoms with E-state index in [2.05, 4.69) is 20.1 Å². The van der Waals surface area contributed by atoms with Crippen LogP contribution in [0.5, 0.6) is 0 Å². The molecule has 3 heterocycles. The molecule has 1 saturated carbocycles. The maximum absolute atomic E-state index is 12.6. The molecule has 0 radical (unpaired) electrons. The number of aromatic nitrogens is 1. The lowest BCUT2D eigenvalue weighted by molar-refractivity contribution is -0.132. The van der Waals surface area contributed by atoms with E-state index in [-0.39, 0.29) is 0 Å². The molecule has 0 atom stereocenters. The molecule has 27 heavy (non-hydrogen) atoms. The first kappa shape index (κ1) is 19.2. The summed E-state index contributed by atoms with van der Waals surface area (Å²) in [6.07, 6.45) is 11.3. The van der Waals surface area contributed by atoms with Gasteiger partial charge in [0.2, 0.25) is 5.91 Å². The van der Waals surface area contributed by atoms with E-state index < -0.39 is 0 Å². The third-order valence-corrected chi connectivity index (χ3v) is 7.42. The molecule has 0 aromatic carbocycles. The van der Waals surface area contributed by atoms with Gasteiger partial charge in [0.05, 0.1) is 5.69 Å². The van der Waals surface area contributed by atoms with Crippen molar-refractivity contribution in [2.24, 2.45) is 5.92 Å². The fourth-order valence-corrected chi connectivity index (χ4v) is 5.65. The van der Waals surface area contributed by atoms with Crippen molar-refractivity contribution in [1.29, 1.82) is 0 Å². The maximum atomic E-state index is 12.6. The van der Waals surface area contributed by atoms with Gasteiger partial charge in [-0.3, -0.25) is 9.69 Å². The number of thiazole rings is 1. The molecule has 2 saturated heterocycles. The number of piperazine rings is 1. The Morgan fingerprint density at radius 1 is 0.963 bits per heavy atom. The van der Waals surface area contributed by atoms with E-state index in [9.17, 15) is 4.79 Å². The summed E-state index contributed by atoms with van der Waals surface area (Å²) in [7, 11) is 0. The fraction of sp³-hybridized carbons (Fsp3) is 0.810. The van der Waals surface area contributed by atoms with Gasteiger partial charge in [0, 0.05) is 44.5 Å². The third-order valence-electron chi connectivity index (χ3n) is 6.46. The number of piperidine rings is 1. The van der Waals surface area contributed by atoms with E-state index in [1.165, 1.54) is 70.2 Å². The highest BCUT2D eigenvalue weighted by atomic mass is 32.1. The van der Waals surface area contributed by atoms with Gasteiger partial charge in [-0.2, -0.15) is 0 Å². The Kier molecular flexibility index (Phi) is 6.66. The first-order valence-corrected chi connectivity index (χ1v) is 11.9. The largest absolute Gasteiger partial charge is 0.345 e. The number of rotatable bonds is 5. The van der Waals surface area contributed by atoms with Crippen molar-refractivity contribution in [2.45, 2.75) is 64.3 Å². The summed E-state index contributed by atoms with van der Waals surface area (Å²) < 4.78 is 0. The second-order valence-electron chi connectivity index (χ2n) is 8.53. The highest BCUT2D eigenvalue weighted by Crippen LogP contribution is 2.28. The summed E-state index contributed by atoms with van der Waals surface area (Å²) >= 11 is 1.77. The summed E-state index contributed by atoms with van der Waals surface area (Å²) in [5.74, 6) is 1.02. The Morgan fingerprint density at radius 2 is 1.67 bits per heavy atom. The first-order valence-electron chi connectivity index (χ1n) is 11.0. The maximum Gasteiger partial charge on any atom is 0.222 e. The summed E-state index contributed by atoms with van der Waals surface area (Å²) in [6.45, 7) is 6.99. The van der Waals surface area contributed by atoms with Gasteiger partial charge < -0.3 is 9.80 Å². The number of carbonyl (C=O) groups is 1. The zero-order valence-electron chi connectivity index (χ0n) is 16.6. The Morgan fingerprint density at radius 3 is 2.41 bits per heavy atom. The topological polar surface area (TPSA) is 39.7 Å². The van der Waals surface area contributed by atoms with Gasteiger partial charge in [-0.25, -0.2) is 4.98 Å². The second kappa shape index (κ2) is 9.37. The van der Waals surface area contributed by atoms with Crippen molar-refractivity contribution in [3.05, 3.63) is 11.1 Å². The zero-order valence-corrected chi connectivity index (χ0v) is 17.4. The molecular weight excluding hydrogens is 356 g/mol. The van der Waals surface area contributed by atoms with Crippen molar-refractivity contribution in [3.63, 3.8) is 0 Å².